The number of aliphatic hydroxyl groups excluding tert-OH is 2. The minimum Gasteiger partial charge on any atom is -0.466 e. The molecule has 0 rings (SSSR count). The SMILES string of the molecule is CCCCCCCCCCCCCCCCCCCCCCCC(O)C(CO)NC(=O)CCCCC/C=C\CCCCCCCCOC(=O)CCCCCCCCCCCCCCC. The highest BCUT2D eigenvalue weighted by atomic mass is 16.5. The Kier molecular flexibility index (Phi) is 53.0. The van der Waals surface area contributed by atoms with Crippen LogP contribution in [0.25, 0.3) is 0 Å². The van der Waals surface area contributed by atoms with E-state index in [9.17, 15) is 19.8 Å². The molecule has 0 fully saturated rings. The molecule has 0 bridgehead atoms. The van der Waals surface area contributed by atoms with Crippen LogP contribution in [0.1, 0.15) is 322 Å². The lowest BCUT2D eigenvalue weighted by molar-refractivity contribution is -0.143. The van der Waals surface area contributed by atoms with E-state index in [4.69, 9.17) is 4.74 Å². The number of esters is 1. The Bertz CT molecular complexity index is 955. The third kappa shape index (κ3) is 50.0. The summed E-state index contributed by atoms with van der Waals surface area (Å²) in [4.78, 5) is 24.5. The molecular weight excluding hydrogens is 791 g/mol. The van der Waals surface area contributed by atoms with E-state index in [0.29, 0.717) is 25.9 Å². The monoisotopic (exact) mass is 904 g/mol. The Balaban J connectivity index is 3.48. The quantitative estimate of drug-likeness (QED) is 0.0321. The molecule has 0 aromatic carbocycles. The molecule has 0 aliphatic rings. The minimum absolute atomic E-state index is 0.0101. The molecule has 1 amide bonds. The maximum atomic E-state index is 12.5. The average Bonchev–Trinajstić information content (AvgIpc) is 3.29. The highest BCUT2D eigenvalue weighted by Crippen LogP contribution is 2.17. The Morgan fingerprint density at radius 1 is 0.422 bits per heavy atom. The number of nitrogens with one attached hydrogen (secondary N) is 1. The van der Waals surface area contributed by atoms with Gasteiger partial charge < -0.3 is 20.3 Å². The summed E-state index contributed by atoms with van der Waals surface area (Å²) in [6.07, 6.45) is 63.4. The average molecular weight is 905 g/mol. The van der Waals surface area contributed by atoms with Gasteiger partial charge in [-0.3, -0.25) is 9.59 Å². The van der Waals surface area contributed by atoms with Gasteiger partial charge in [0.1, 0.15) is 0 Å². The van der Waals surface area contributed by atoms with Gasteiger partial charge in [-0.15, -0.1) is 0 Å². The predicted octanol–water partition coefficient (Wildman–Crippen LogP) is 17.7. The molecule has 2 unspecified atom stereocenters. The number of carbonyl (C=O) groups is 2. The minimum atomic E-state index is -0.681. The highest BCUT2D eigenvalue weighted by Gasteiger charge is 2.20. The summed E-state index contributed by atoms with van der Waals surface area (Å²) in [6.45, 7) is 4.93. The van der Waals surface area contributed by atoms with E-state index in [-0.39, 0.29) is 18.5 Å². The van der Waals surface area contributed by atoms with Gasteiger partial charge in [-0.1, -0.05) is 270 Å². The zero-order valence-electron chi connectivity index (χ0n) is 43.3. The standard InChI is InChI=1S/C58H113NO5/c1-3-5-7-9-11-13-15-17-18-19-20-21-22-23-24-27-30-34-38-42-46-50-56(61)55(54-60)59-57(62)51-47-43-39-35-31-28-25-29-33-37-41-45-49-53-64-58(63)52-48-44-40-36-32-26-16-14-12-10-8-6-4-2/h28,31,55-56,60-61H,3-27,29-30,32-54H2,1-2H3,(H,59,62)/b31-28-. The van der Waals surface area contributed by atoms with Gasteiger partial charge in [0.15, 0.2) is 0 Å². The molecule has 64 heavy (non-hydrogen) atoms. The van der Waals surface area contributed by atoms with Crippen LogP contribution in [0, 0.1) is 0 Å². The summed E-state index contributed by atoms with van der Waals surface area (Å²) in [5.41, 5.74) is 0. The van der Waals surface area contributed by atoms with E-state index in [1.807, 2.05) is 0 Å². The first-order valence-electron chi connectivity index (χ1n) is 28.9. The smallest absolute Gasteiger partial charge is 0.305 e. The summed E-state index contributed by atoms with van der Waals surface area (Å²) in [7, 11) is 0. The molecule has 3 N–H and O–H groups in total. The van der Waals surface area contributed by atoms with E-state index >= 15 is 0 Å². The second-order valence-corrected chi connectivity index (χ2v) is 20.0. The topological polar surface area (TPSA) is 95.9 Å². The van der Waals surface area contributed by atoms with Gasteiger partial charge in [-0.05, 0) is 51.4 Å². The fraction of sp³-hybridized carbons (Fsp3) is 0.931. The van der Waals surface area contributed by atoms with Crippen LogP contribution in [0.4, 0.5) is 0 Å². The predicted molar refractivity (Wildman–Crippen MR) is 278 cm³/mol. The first kappa shape index (κ1) is 62.6. The maximum Gasteiger partial charge on any atom is 0.305 e. The van der Waals surface area contributed by atoms with Gasteiger partial charge in [0.2, 0.25) is 5.91 Å². The summed E-state index contributed by atoms with van der Waals surface area (Å²) in [6, 6.07) is -0.561. The summed E-state index contributed by atoms with van der Waals surface area (Å²) >= 11 is 0. The van der Waals surface area contributed by atoms with Gasteiger partial charge >= 0.3 is 5.97 Å². The van der Waals surface area contributed by atoms with Gasteiger partial charge in [0.05, 0.1) is 25.4 Å². The Hall–Kier alpha value is -1.40. The van der Waals surface area contributed by atoms with Crippen LogP contribution >= 0.6 is 0 Å². The number of allylic oxidation sites excluding steroid dienone is 2. The number of ether oxygens (including phenoxy) is 1. The number of amides is 1. The largest absolute Gasteiger partial charge is 0.466 e. The number of aliphatic hydroxyl groups is 2. The molecule has 6 heteroatoms. The van der Waals surface area contributed by atoms with Crippen molar-refractivity contribution in [2.24, 2.45) is 0 Å². The third-order valence-corrected chi connectivity index (χ3v) is 13.6. The lowest BCUT2D eigenvalue weighted by atomic mass is 10.0. The van der Waals surface area contributed by atoms with Crippen LogP contribution in [0.15, 0.2) is 12.2 Å². The Morgan fingerprint density at radius 2 is 0.734 bits per heavy atom. The van der Waals surface area contributed by atoms with Gasteiger partial charge in [0, 0.05) is 12.8 Å². The van der Waals surface area contributed by atoms with Crippen molar-refractivity contribution in [2.45, 2.75) is 334 Å². The number of hydrogen-bond acceptors (Lipinski definition) is 5. The van der Waals surface area contributed by atoms with E-state index in [2.05, 4.69) is 31.3 Å². The molecule has 0 spiro atoms. The van der Waals surface area contributed by atoms with Gasteiger partial charge in [-0.25, -0.2) is 0 Å². The molecule has 0 heterocycles. The Labute approximate surface area is 399 Å². The van der Waals surface area contributed by atoms with E-state index in [0.717, 1.165) is 70.6 Å². The number of rotatable bonds is 54. The van der Waals surface area contributed by atoms with Crippen molar-refractivity contribution in [3.63, 3.8) is 0 Å². The first-order chi connectivity index (χ1) is 31.5. The van der Waals surface area contributed by atoms with Crippen molar-refractivity contribution in [3.05, 3.63) is 12.2 Å². The van der Waals surface area contributed by atoms with Crippen molar-refractivity contribution in [3.8, 4) is 0 Å². The van der Waals surface area contributed by atoms with Gasteiger partial charge in [0.25, 0.3) is 0 Å². The fourth-order valence-electron chi connectivity index (χ4n) is 9.11. The summed E-state index contributed by atoms with van der Waals surface area (Å²) in [5.74, 6) is -0.0715. The highest BCUT2D eigenvalue weighted by molar-refractivity contribution is 5.76. The van der Waals surface area contributed by atoms with Crippen molar-refractivity contribution in [1.82, 2.24) is 5.32 Å². The van der Waals surface area contributed by atoms with Gasteiger partial charge in [-0.2, -0.15) is 0 Å². The van der Waals surface area contributed by atoms with Crippen LogP contribution in [0.3, 0.4) is 0 Å². The molecule has 0 radical (unpaired) electrons. The molecule has 0 saturated carbocycles. The number of hydrogen-bond donors (Lipinski definition) is 3. The summed E-state index contributed by atoms with van der Waals surface area (Å²) < 4.78 is 5.46. The Morgan fingerprint density at radius 3 is 1.12 bits per heavy atom. The van der Waals surface area contributed by atoms with Crippen LogP contribution < -0.4 is 5.32 Å². The number of carbonyl (C=O) groups excluding carboxylic acids is 2. The second-order valence-electron chi connectivity index (χ2n) is 20.0. The van der Waals surface area contributed by atoms with Crippen molar-refractivity contribution in [2.75, 3.05) is 13.2 Å². The van der Waals surface area contributed by atoms with Crippen LogP contribution in [0.2, 0.25) is 0 Å². The normalized spacial score (nSPS) is 12.6. The van der Waals surface area contributed by atoms with E-state index in [1.165, 1.54) is 218 Å². The first-order valence-corrected chi connectivity index (χ1v) is 28.9. The molecule has 0 aliphatic carbocycles. The molecule has 380 valence electrons. The summed E-state index contributed by atoms with van der Waals surface area (Å²) in [5, 5.41) is 23.3. The van der Waals surface area contributed by atoms with Crippen LogP contribution in [-0.4, -0.2) is 47.4 Å². The van der Waals surface area contributed by atoms with Crippen LogP contribution in [-0.2, 0) is 14.3 Å². The zero-order valence-corrected chi connectivity index (χ0v) is 43.3. The molecular formula is C58H113NO5. The molecule has 0 aromatic heterocycles. The second kappa shape index (κ2) is 54.2. The molecule has 6 nitrogen and oxygen atoms in total. The van der Waals surface area contributed by atoms with Crippen molar-refractivity contribution < 1.29 is 24.5 Å². The fourth-order valence-corrected chi connectivity index (χ4v) is 9.11. The zero-order chi connectivity index (χ0) is 46.5. The maximum absolute atomic E-state index is 12.5. The molecule has 2 atom stereocenters. The van der Waals surface area contributed by atoms with E-state index < -0.39 is 12.1 Å². The van der Waals surface area contributed by atoms with E-state index in [1.54, 1.807) is 0 Å². The number of unbranched alkanes of at least 4 members (excludes halogenated alkanes) is 41. The molecule has 0 saturated heterocycles. The molecule has 0 aliphatic heterocycles. The van der Waals surface area contributed by atoms with Crippen molar-refractivity contribution >= 4 is 11.9 Å². The van der Waals surface area contributed by atoms with Crippen LogP contribution in [0.5, 0.6) is 0 Å². The van der Waals surface area contributed by atoms with Crippen molar-refractivity contribution in [1.29, 1.82) is 0 Å². The third-order valence-electron chi connectivity index (χ3n) is 13.6. The molecule has 0 aromatic rings. The lowest BCUT2D eigenvalue weighted by Gasteiger charge is -2.22. The lowest BCUT2D eigenvalue weighted by Crippen LogP contribution is -2.45.